The van der Waals surface area contributed by atoms with Crippen molar-refractivity contribution in [1.29, 1.82) is 0 Å². The Bertz CT molecular complexity index is 605. The SMILES string of the molecule is CCCc1c(C(=O)O)cnn1C1(C)CCS(=O)(=O)C1. The number of carboxylic acids is 1. The first-order valence-electron chi connectivity index (χ1n) is 6.30. The zero-order valence-corrected chi connectivity index (χ0v) is 11.9. The van der Waals surface area contributed by atoms with Gasteiger partial charge in [0.05, 0.1) is 28.9 Å². The van der Waals surface area contributed by atoms with Gasteiger partial charge >= 0.3 is 5.97 Å². The Balaban J connectivity index is 2.48. The molecule has 1 aromatic rings. The number of nitrogens with zero attached hydrogens (tertiary/aromatic N) is 2. The van der Waals surface area contributed by atoms with Gasteiger partial charge in [0.1, 0.15) is 5.56 Å². The minimum atomic E-state index is -3.05. The Morgan fingerprint density at radius 1 is 1.58 bits per heavy atom. The third-order valence-electron chi connectivity index (χ3n) is 3.58. The van der Waals surface area contributed by atoms with Gasteiger partial charge in [-0.3, -0.25) is 4.68 Å². The second kappa shape index (κ2) is 4.63. The van der Waals surface area contributed by atoms with E-state index in [0.29, 0.717) is 18.5 Å². The molecule has 0 saturated carbocycles. The molecule has 0 bridgehead atoms. The van der Waals surface area contributed by atoms with Crippen molar-refractivity contribution in [3.05, 3.63) is 17.5 Å². The minimum Gasteiger partial charge on any atom is -0.478 e. The molecule has 1 aliphatic heterocycles. The Morgan fingerprint density at radius 3 is 2.74 bits per heavy atom. The molecule has 1 atom stereocenters. The second-order valence-electron chi connectivity index (χ2n) is 5.31. The summed E-state index contributed by atoms with van der Waals surface area (Å²) >= 11 is 0. The summed E-state index contributed by atoms with van der Waals surface area (Å²) < 4.78 is 25.0. The smallest absolute Gasteiger partial charge is 0.339 e. The monoisotopic (exact) mass is 286 g/mol. The van der Waals surface area contributed by atoms with E-state index >= 15 is 0 Å². The van der Waals surface area contributed by atoms with Crippen molar-refractivity contribution < 1.29 is 18.3 Å². The Kier molecular flexibility index (Phi) is 3.42. The summed E-state index contributed by atoms with van der Waals surface area (Å²) in [4.78, 5) is 11.2. The van der Waals surface area contributed by atoms with E-state index in [-0.39, 0.29) is 17.1 Å². The van der Waals surface area contributed by atoms with Crippen LogP contribution in [0.3, 0.4) is 0 Å². The maximum Gasteiger partial charge on any atom is 0.339 e. The van der Waals surface area contributed by atoms with Crippen LogP contribution >= 0.6 is 0 Å². The van der Waals surface area contributed by atoms with Gasteiger partial charge in [-0.2, -0.15) is 5.10 Å². The number of carbonyl (C=O) groups is 1. The van der Waals surface area contributed by atoms with Crippen molar-refractivity contribution >= 4 is 15.8 Å². The zero-order chi connectivity index (χ0) is 14.3. The van der Waals surface area contributed by atoms with Gasteiger partial charge in [-0.25, -0.2) is 13.2 Å². The summed E-state index contributed by atoms with van der Waals surface area (Å²) in [6.07, 6.45) is 3.17. The molecular weight excluding hydrogens is 268 g/mol. The van der Waals surface area contributed by atoms with E-state index in [2.05, 4.69) is 5.10 Å². The molecule has 0 spiro atoms. The number of hydrogen-bond acceptors (Lipinski definition) is 4. The van der Waals surface area contributed by atoms with Crippen LogP contribution in [-0.4, -0.2) is 40.8 Å². The first-order chi connectivity index (χ1) is 8.79. The van der Waals surface area contributed by atoms with E-state index in [9.17, 15) is 13.2 Å². The van der Waals surface area contributed by atoms with Crippen LogP contribution < -0.4 is 0 Å². The number of hydrogen-bond donors (Lipinski definition) is 1. The van der Waals surface area contributed by atoms with E-state index in [1.807, 2.05) is 13.8 Å². The van der Waals surface area contributed by atoms with Crippen molar-refractivity contribution in [2.75, 3.05) is 11.5 Å². The Hall–Kier alpha value is -1.37. The Labute approximate surface area is 112 Å². The van der Waals surface area contributed by atoms with E-state index in [1.54, 1.807) is 4.68 Å². The van der Waals surface area contributed by atoms with E-state index in [0.717, 1.165) is 6.42 Å². The van der Waals surface area contributed by atoms with Crippen molar-refractivity contribution in [3.63, 3.8) is 0 Å². The average Bonchev–Trinajstić information content (AvgIpc) is 2.82. The predicted molar refractivity (Wildman–Crippen MR) is 70.1 cm³/mol. The molecule has 0 amide bonds. The summed E-state index contributed by atoms with van der Waals surface area (Å²) in [5, 5.41) is 13.3. The highest BCUT2D eigenvalue weighted by Gasteiger charge is 2.42. The number of sulfone groups is 1. The van der Waals surface area contributed by atoms with Crippen LogP contribution in [0.4, 0.5) is 0 Å². The number of aromatic nitrogens is 2. The molecule has 2 heterocycles. The molecule has 19 heavy (non-hydrogen) atoms. The maximum atomic E-state index is 11.7. The summed E-state index contributed by atoms with van der Waals surface area (Å²) in [5.41, 5.74) is 0.166. The normalized spacial score (nSPS) is 25.6. The topological polar surface area (TPSA) is 89.3 Å². The molecule has 0 aromatic carbocycles. The fraction of sp³-hybridized carbons (Fsp3) is 0.667. The van der Waals surface area contributed by atoms with E-state index < -0.39 is 21.3 Å². The van der Waals surface area contributed by atoms with Gasteiger partial charge in [0.15, 0.2) is 9.84 Å². The highest BCUT2D eigenvalue weighted by Crippen LogP contribution is 2.32. The molecule has 1 unspecified atom stereocenters. The van der Waals surface area contributed by atoms with Gasteiger partial charge in [-0.15, -0.1) is 0 Å². The van der Waals surface area contributed by atoms with Crippen LogP contribution in [0.2, 0.25) is 0 Å². The molecule has 1 saturated heterocycles. The molecule has 1 fully saturated rings. The lowest BCUT2D eigenvalue weighted by Crippen LogP contribution is -2.34. The molecular formula is C12H18N2O4S. The van der Waals surface area contributed by atoms with E-state index in [1.165, 1.54) is 6.20 Å². The predicted octanol–water partition coefficient (Wildman–Crippen LogP) is 1.07. The average molecular weight is 286 g/mol. The third-order valence-corrected chi connectivity index (χ3v) is 5.47. The van der Waals surface area contributed by atoms with Crippen molar-refractivity contribution in [2.24, 2.45) is 0 Å². The summed E-state index contributed by atoms with van der Waals surface area (Å²) in [6, 6.07) is 0. The summed E-state index contributed by atoms with van der Waals surface area (Å²) in [6.45, 7) is 3.78. The lowest BCUT2D eigenvalue weighted by Gasteiger charge is -2.25. The zero-order valence-electron chi connectivity index (χ0n) is 11.1. The van der Waals surface area contributed by atoms with Crippen molar-refractivity contribution in [1.82, 2.24) is 9.78 Å². The molecule has 1 aromatic heterocycles. The van der Waals surface area contributed by atoms with Crippen LogP contribution in [0.5, 0.6) is 0 Å². The quantitative estimate of drug-likeness (QED) is 0.894. The molecule has 0 aliphatic carbocycles. The van der Waals surface area contributed by atoms with E-state index in [4.69, 9.17) is 5.11 Å². The first-order valence-corrected chi connectivity index (χ1v) is 8.12. The number of rotatable bonds is 4. The standard InChI is InChI=1S/C12H18N2O4S/c1-3-4-10-9(11(15)16)7-13-14(10)12(2)5-6-19(17,18)8-12/h7H,3-6,8H2,1-2H3,(H,15,16). The largest absolute Gasteiger partial charge is 0.478 e. The van der Waals surface area contributed by atoms with Crippen LogP contribution in [0.1, 0.15) is 42.7 Å². The maximum absolute atomic E-state index is 11.7. The van der Waals surface area contributed by atoms with Gasteiger partial charge in [0, 0.05) is 0 Å². The Morgan fingerprint density at radius 2 is 2.26 bits per heavy atom. The molecule has 106 valence electrons. The van der Waals surface area contributed by atoms with Crippen LogP contribution in [0.15, 0.2) is 6.20 Å². The fourth-order valence-electron chi connectivity index (χ4n) is 2.66. The van der Waals surface area contributed by atoms with Crippen molar-refractivity contribution in [3.8, 4) is 0 Å². The lowest BCUT2D eigenvalue weighted by atomic mass is 10.0. The number of aromatic carboxylic acids is 1. The second-order valence-corrected chi connectivity index (χ2v) is 7.49. The van der Waals surface area contributed by atoms with Gasteiger partial charge in [-0.05, 0) is 19.8 Å². The van der Waals surface area contributed by atoms with Gasteiger partial charge in [0.2, 0.25) is 0 Å². The van der Waals surface area contributed by atoms with Crippen LogP contribution in [0.25, 0.3) is 0 Å². The molecule has 0 radical (unpaired) electrons. The fourth-order valence-corrected chi connectivity index (χ4v) is 4.76. The molecule has 7 heteroatoms. The highest BCUT2D eigenvalue weighted by atomic mass is 32.2. The minimum absolute atomic E-state index is 0.0253. The molecule has 1 N–H and O–H groups in total. The molecule has 6 nitrogen and oxygen atoms in total. The summed E-state index contributed by atoms with van der Waals surface area (Å²) in [5.74, 6) is -0.853. The molecule has 1 aliphatic rings. The first kappa shape index (κ1) is 14.0. The third kappa shape index (κ3) is 2.51. The van der Waals surface area contributed by atoms with Crippen LogP contribution in [0, 0.1) is 0 Å². The van der Waals surface area contributed by atoms with Crippen LogP contribution in [-0.2, 0) is 21.8 Å². The number of carboxylic acid groups (broad SMARTS) is 1. The van der Waals surface area contributed by atoms with Gasteiger partial charge < -0.3 is 5.11 Å². The van der Waals surface area contributed by atoms with Crippen molar-refractivity contribution in [2.45, 2.75) is 38.6 Å². The lowest BCUT2D eigenvalue weighted by molar-refractivity contribution is 0.0695. The molecule has 2 rings (SSSR count). The van der Waals surface area contributed by atoms with Gasteiger partial charge in [-0.1, -0.05) is 13.3 Å². The van der Waals surface area contributed by atoms with Gasteiger partial charge in [0.25, 0.3) is 0 Å². The highest BCUT2D eigenvalue weighted by molar-refractivity contribution is 7.91. The summed E-state index contributed by atoms with van der Waals surface area (Å²) in [7, 11) is -3.05.